The summed E-state index contributed by atoms with van der Waals surface area (Å²) in [5.74, 6) is 0.719. The van der Waals surface area contributed by atoms with E-state index in [1.807, 2.05) is 13.1 Å². The van der Waals surface area contributed by atoms with E-state index in [-0.39, 0.29) is 5.56 Å². The van der Waals surface area contributed by atoms with Crippen LogP contribution in [0.3, 0.4) is 0 Å². The van der Waals surface area contributed by atoms with Crippen LogP contribution in [0, 0.1) is 0 Å². The quantitative estimate of drug-likeness (QED) is 0.796. The van der Waals surface area contributed by atoms with E-state index in [0.717, 1.165) is 18.8 Å². The SMILES string of the molecule is Cn1ncc2c(=O)[nH]c(CN3CCC[C@@H]3Cc3ccccc3)nc21. The van der Waals surface area contributed by atoms with Crippen molar-refractivity contribution in [2.75, 3.05) is 6.54 Å². The topological polar surface area (TPSA) is 66.8 Å². The third-order valence-electron chi connectivity index (χ3n) is 4.82. The Bertz CT molecular complexity index is 899. The predicted octanol–water partition coefficient (Wildman–Crippen LogP) is 1.86. The van der Waals surface area contributed by atoms with Crippen molar-refractivity contribution in [3.8, 4) is 0 Å². The van der Waals surface area contributed by atoms with Gasteiger partial charge in [-0.3, -0.25) is 14.4 Å². The largest absolute Gasteiger partial charge is 0.309 e. The lowest BCUT2D eigenvalue weighted by Gasteiger charge is -2.24. The zero-order valence-corrected chi connectivity index (χ0v) is 13.8. The molecule has 0 bridgehead atoms. The van der Waals surface area contributed by atoms with Gasteiger partial charge in [0.05, 0.1) is 12.7 Å². The van der Waals surface area contributed by atoms with Gasteiger partial charge in [0.15, 0.2) is 5.65 Å². The molecule has 1 atom stereocenters. The number of likely N-dealkylation sites (tertiary alicyclic amines) is 1. The summed E-state index contributed by atoms with van der Waals surface area (Å²) in [5, 5.41) is 4.67. The van der Waals surface area contributed by atoms with Crippen LogP contribution in [-0.2, 0) is 20.0 Å². The maximum Gasteiger partial charge on any atom is 0.262 e. The average molecular weight is 323 g/mol. The van der Waals surface area contributed by atoms with Gasteiger partial charge in [0, 0.05) is 13.1 Å². The molecule has 6 heteroatoms. The normalized spacial score (nSPS) is 18.5. The van der Waals surface area contributed by atoms with E-state index < -0.39 is 0 Å². The molecule has 0 aliphatic carbocycles. The van der Waals surface area contributed by atoms with Gasteiger partial charge in [-0.05, 0) is 31.4 Å². The smallest absolute Gasteiger partial charge is 0.262 e. The highest BCUT2D eigenvalue weighted by Gasteiger charge is 2.25. The van der Waals surface area contributed by atoms with Crippen molar-refractivity contribution in [3.05, 3.63) is 58.3 Å². The van der Waals surface area contributed by atoms with Crippen LogP contribution in [0.2, 0.25) is 0 Å². The molecule has 6 nitrogen and oxygen atoms in total. The molecule has 0 unspecified atom stereocenters. The van der Waals surface area contributed by atoms with E-state index in [1.165, 1.54) is 18.4 Å². The number of H-pyrrole nitrogens is 1. The summed E-state index contributed by atoms with van der Waals surface area (Å²) in [6.45, 7) is 1.72. The summed E-state index contributed by atoms with van der Waals surface area (Å²) in [5.41, 5.74) is 1.90. The first-order chi connectivity index (χ1) is 11.7. The number of aryl methyl sites for hydroxylation is 1. The minimum Gasteiger partial charge on any atom is -0.309 e. The van der Waals surface area contributed by atoms with Gasteiger partial charge in [-0.1, -0.05) is 30.3 Å². The zero-order valence-electron chi connectivity index (χ0n) is 13.8. The van der Waals surface area contributed by atoms with Gasteiger partial charge in [0.1, 0.15) is 11.2 Å². The highest BCUT2D eigenvalue weighted by molar-refractivity contribution is 5.72. The van der Waals surface area contributed by atoms with Crippen LogP contribution in [0.25, 0.3) is 11.0 Å². The number of hydrogen-bond donors (Lipinski definition) is 1. The van der Waals surface area contributed by atoms with Crippen molar-refractivity contribution in [3.63, 3.8) is 0 Å². The summed E-state index contributed by atoms with van der Waals surface area (Å²) < 4.78 is 1.65. The molecule has 1 aromatic carbocycles. The van der Waals surface area contributed by atoms with Crippen molar-refractivity contribution < 1.29 is 0 Å². The van der Waals surface area contributed by atoms with Crippen LogP contribution in [0.4, 0.5) is 0 Å². The Balaban J connectivity index is 1.55. The monoisotopic (exact) mass is 323 g/mol. The molecule has 1 N–H and O–H groups in total. The zero-order chi connectivity index (χ0) is 16.5. The fourth-order valence-corrected chi connectivity index (χ4v) is 3.57. The van der Waals surface area contributed by atoms with Gasteiger partial charge in [0.25, 0.3) is 5.56 Å². The number of fused-ring (bicyclic) bond motifs is 1. The molecule has 0 amide bonds. The van der Waals surface area contributed by atoms with Gasteiger partial charge < -0.3 is 4.98 Å². The van der Waals surface area contributed by atoms with Crippen molar-refractivity contribution >= 4 is 11.0 Å². The lowest BCUT2D eigenvalue weighted by Crippen LogP contribution is -2.32. The first-order valence-corrected chi connectivity index (χ1v) is 8.39. The number of benzene rings is 1. The summed E-state index contributed by atoms with van der Waals surface area (Å²) >= 11 is 0. The maximum absolute atomic E-state index is 12.2. The molecule has 3 aromatic rings. The Kier molecular flexibility index (Phi) is 3.90. The molecule has 1 aliphatic rings. The van der Waals surface area contributed by atoms with Crippen LogP contribution in [0.1, 0.15) is 24.2 Å². The van der Waals surface area contributed by atoms with E-state index in [2.05, 4.69) is 44.2 Å². The Morgan fingerprint density at radius 3 is 2.96 bits per heavy atom. The third kappa shape index (κ3) is 2.85. The molecule has 4 rings (SSSR count). The number of hydrogen-bond acceptors (Lipinski definition) is 4. The minimum atomic E-state index is -0.109. The molecule has 24 heavy (non-hydrogen) atoms. The third-order valence-corrected chi connectivity index (χ3v) is 4.82. The second-order valence-corrected chi connectivity index (χ2v) is 6.47. The highest BCUT2D eigenvalue weighted by Crippen LogP contribution is 2.22. The molecule has 0 saturated carbocycles. The van der Waals surface area contributed by atoms with E-state index >= 15 is 0 Å². The van der Waals surface area contributed by atoms with Crippen molar-refractivity contribution in [1.29, 1.82) is 0 Å². The molecule has 2 aromatic heterocycles. The maximum atomic E-state index is 12.2. The molecule has 124 valence electrons. The number of aromatic nitrogens is 4. The lowest BCUT2D eigenvalue weighted by molar-refractivity contribution is 0.238. The molecule has 1 saturated heterocycles. The van der Waals surface area contributed by atoms with Gasteiger partial charge in [-0.25, -0.2) is 4.98 Å². The first-order valence-electron chi connectivity index (χ1n) is 8.39. The number of nitrogens with zero attached hydrogens (tertiary/aromatic N) is 4. The lowest BCUT2D eigenvalue weighted by atomic mass is 10.0. The second-order valence-electron chi connectivity index (χ2n) is 6.47. The molecule has 3 heterocycles. The molecule has 1 fully saturated rings. The Hall–Kier alpha value is -2.47. The van der Waals surface area contributed by atoms with E-state index in [0.29, 0.717) is 23.6 Å². The second kappa shape index (κ2) is 6.20. The molecular formula is C18H21N5O. The molecular weight excluding hydrogens is 302 g/mol. The summed E-state index contributed by atoms with van der Waals surface area (Å²) in [6.07, 6.45) is 4.99. The van der Waals surface area contributed by atoms with Crippen molar-refractivity contribution in [2.45, 2.75) is 31.8 Å². The average Bonchev–Trinajstić information content (AvgIpc) is 3.16. The highest BCUT2D eigenvalue weighted by atomic mass is 16.1. The standard InChI is InChI=1S/C18H21N5O/c1-22-17-15(11-19-22)18(24)21-16(20-17)12-23-9-5-8-14(23)10-13-6-3-2-4-7-13/h2-4,6-7,11,14H,5,8-10,12H2,1H3,(H,20,21,24)/t14-/m1/s1. The van der Waals surface area contributed by atoms with Gasteiger partial charge in [-0.2, -0.15) is 5.10 Å². The summed E-state index contributed by atoms with van der Waals surface area (Å²) in [6, 6.07) is 11.1. The first kappa shape index (κ1) is 15.1. The Labute approximate surface area is 140 Å². The number of aromatic amines is 1. The summed E-state index contributed by atoms with van der Waals surface area (Å²) in [4.78, 5) is 22.1. The number of nitrogens with one attached hydrogen (secondary N) is 1. The minimum absolute atomic E-state index is 0.109. The van der Waals surface area contributed by atoms with Gasteiger partial charge in [-0.15, -0.1) is 0 Å². The number of rotatable bonds is 4. The van der Waals surface area contributed by atoms with Crippen LogP contribution >= 0.6 is 0 Å². The molecule has 1 aliphatic heterocycles. The Morgan fingerprint density at radius 1 is 1.29 bits per heavy atom. The van der Waals surface area contributed by atoms with Crippen LogP contribution in [0.15, 0.2) is 41.3 Å². The molecule has 0 spiro atoms. The predicted molar refractivity (Wildman–Crippen MR) is 92.7 cm³/mol. The van der Waals surface area contributed by atoms with E-state index in [1.54, 1.807) is 10.9 Å². The van der Waals surface area contributed by atoms with Crippen molar-refractivity contribution in [2.24, 2.45) is 7.05 Å². The Morgan fingerprint density at radius 2 is 2.12 bits per heavy atom. The van der Waals surface area contributed by atoms with Gasteiger partial charge >= 0.3 is 0 Å². The van der Waals surface area contributed by atoms with Crippen LogP contribution in [0.5, 0.6) is 0 Å². The van der Waals surface area contributed by atoms with Gasteiger partial charge in [0.2, 0.25) is 0 Å². The molecule has 0 radical (unpaired) electrons. The van der Waals surface area contributed by atoms with E-state index in [4.69, 9.17) is 0 Å². The fourth-order valence-electron chi connectivity index (χ4n) is 3.57. The fraction of sp³-hybridized carbons (Fsp3) is 0.389. The van der Waals surface area contributed by atoms with E-state index in [9.17, 15) is 4.79 Å². The van der Waals surface area contributed by atoms with Crippen molar-refractivity contribution in [1.82, 2.24) is 24.6 Å². The summed E-state index contributed by atoms with van der Waals surface area (Å²) in [7, 11) is 1.81. The van der Waals surface area contributed by atoms with Crippen LogP contribution in [-0.4, -0.2) is 37.2 Å². The van der Waals surface area contributed by atoms with Crippen LogP contribution < -0.4 is 5.56 Å².